The van der Waals surface area contributed by atoms with Gasteiger partial charge >= 0.3 is 6.18 Å². The lowest BCUT2D eigenvalue weighted by atomic mass is 10.1. The van der Waals surface area contributed by atoms with E-state index in [9.17, 15) is 22.0 Å². The van der Waals surface area contributed by atoms with Gasteiger partial charge < -0.3 is 5.32 Å². The SMILES string of the molecule is CNc1cc(C(F)(F)F)cc(-c2ccc(C)c(F)c2F)n1. The van der Waals surface area contributed by atoms with Crippen LogP contribution in [0.15, 0.2) is 24.3 Å². The highest BCUT2D eigenvalue weighted by atomic mass is 19.4. The normalized spacial score (nSPS) is 11.6. The van der Waals surface area contributed by atoms with E-state index in [0.29, 0.717) is 6.07 Å². The van der Waals surface area contributed by atoms with Gasteiger partial charge in [-0.05, 0) is 30.7 Å². The summed E-state index contributed by atoms with van der Waals surface area (Å²) >= 11 is 0. The molecule has 1 aromatic carbocycles. The van der Waals surface area contributed by atoms with Gasteiger partial charge in [-0.1, -0.05) is 6.07 Å². The molecule has 0 spiro atoms. The Balaban J connectivity index is 2.67. The van der Waals surface area contributed by atoms with E-state index >= 15 is 0 Å². The van der Waals surface area contributed by atoms with Crippen molar-refractivity contribution in [1.29, 1.82) is 0 Å². The number of aryl methyl sites for hydroxylation is 1. The Labute approximate surface area is 117 Å². The van der Waals surface area contributed by atoms with Crippen molar-refractivity contribution in [2.24, 2.45) is 0 Å². The van der Waals surface area contributed by atoms with Gasteiger partial charge in [-0.15, -0.1) is 0 Å². The van der Waals surface area contributed by atoms with E-state index in [0.717, 1.165) is 6.07 Å². The smallest absolute Gasteiger partial charge is 0.373 e. The highest BCUT2D eigenvalue weighted by Gasteiger charge is 2.32. The van der Waals surface area contributed by atoms with E-state index in [-0.39, 0.29) is 22.6 Å². The molecule has 7 heteroatoms. The van der Waals surface area contributed by atoms with E-state index in [2.05, 4.69) is 10.3 Å². The minimum absolute atomic E-state index is 0.0667. The number of nitrogens with one attached hydrogen (secondary N) is 1. The predicted molar refractivity (Wildman–Crippen MR) is 68.9 cm³/mol. The molecule has 0 atom stereocenters. The molecule has 0 saturated carbocycles. The Hall–Kier alpha value is -2.18. The van der Waals surface area contributed by atoms with Crippen molar-refractivity contribution in [3.63, 3.8) is 0 Å². The summed E-state index contributed by atoms with van der Waals surface area (Å²) in [4.78, 5) is 3.85. The Morgan fingerprint density at radius 3 is 2.29 bits per heavy atom. The van der Waals surface area contributed by atoms with Crippen LogP contribution in [0.4, 0.5) is 27.8 Å². The summed E-state index contributed by atoms with van der Waals surface area (Å²) in [6, 6.07) is 3.98. The van der Waals surface area contributed by atoms with Crippen molar-refractivity contribution in [1.82, 2.24) is 4.98 Å². The highest BCUT2D eigenvalue weighted by molar-refractivity contribution is 5.64. The van der Waals surface area contributed by atoms with Crippen molar-refractivity contribution in [2.45, 2.75) is 13.1 Å². The lowest BCUT2D eigenvalue weighted by Gasteiger charge is -2.12. The number of benzene rings is 1. The second-order valence-corrected chi connectivity index (χ2v) is 4.43. The van der Waals surface area contributed by atoms with Crippen LogP contribution in [0.25, 0.3) is 11.3 Å². The molecule has 1 heterocycles. The first-order valence-electron chi connectivity index (χ1n) is 5.96. The van der Waals surface area contributed by atoms with Crippen LogP contribution in [0.2, 0.25) is 0 Å². The number of rotatable bonds is 2. The molecule has 21 heavy (non-hydrogen) atoms. The number of pyridine rings is 1. The standard InChI is InChI=1S/C14H11F5N2/c1-7-3-4-9(13(16)12(7)15)10-5-8(14(17,18)19)6-11(20-2)21-10/h3-6H,1-2H3,(H,20,21). The number of aromatic nitrogens is 1. The molecule has 0 aliphatic rings. The maximum atomic E-state index is 13.9. The first kappa shape index (κ1) is 15.2. The van der Waals surface area contributed by atoms with Crippen molar-refractivity contribution >= 4 is 5.82 Å². The number of hydrogen-bond donors (Lipinski definition) is 1. The number of alkyl halides is 3. The fraction of sp³-hybridized carbons (Fsp3) is 0.214. The zero-order chi connectivity index (χ0) is 15.8. The molecule has 0 bridgehead atoms. The summed E-state index contributed by atoms with van der Waals surface area (Å²) in [7, 11) is 1.39. The van der Waals surface area contributed by atoms with Crippen molar-refractivity contribution in [3.8, 4) is 11.3 Å². The molecule has 2 nitrogen and oxygen atoms in total. The zero-order valence-electron chi connectivity index (χ0n) is 11.1. The van der Waals surface area contributed by atoms with E-state index < -0.39 is 23.4 Å². The van der Waals surface area contributed by atoms with Gasteiger partial charge in [0.1, 0.15) is 5.82 Å². The topological polar surface area (TPSA) is 24.9 Å². The zero-order valence-corrected chi connectivity index (χ0v) is 11.1. The van der Waals surface area contributed by atoms with Gasteiger partial charge in [0.15, 0.2) is 11.6 Å². The van der Waals surface area contributed by atoms with Gasteiger partial charge in [0.05, 0.1) is 11.3 Å². The lowest BCUT2D eigenvalue weighted by Crippen LogP contribution is -2.08. The molecule has 0 fully saturated rings. The molecule has 0 aliphatic heterocycles. The van der Waals surface area contributed by atoms with E-state index in [1.807, 2.05) is 0 Å². The van der Waals surface area contributed by atoms with Gasteiger partial charge in [0.25, 0.3) is 0 Å². The third-order valence-corrected chi connectivity index (χ3v) is 2.96. The molecule has 0 saturated heterocycles. The van der Waals surface area contributed by atoms with Crippen molar-refractivity contribution < 1.29 is 22.0 Å². The number of hydrogen-bond acceptors (Lipinski definition) is 2. The lowest BCUT2D eigenvalue weighted by molar-refractivity contribution is -0.137. The molecule has 0 aliphatic carbocycles. The number of anilines is 1. The largest absolute Gasteiger partial charge is 0.416 e. The maximum Gasteiger partial charge on any atom is 0.416 e. The summed E-state index contributed by atoms with van der Waals surface area (Å²) in [6.07, 6.45) is -4.61. The minimum atomic E-state index is -4.61. The average molecular weight is 302 g/mol. The fourth-order valence-electron chi connectivity index (χ4n) is 1.80. The second-order valence-electron chi connectivity index (χ2n) is 4.43. The number of nitrogens with zero attached hydrogens (tertiary/aromatic N) is 1. The van der Waals surface area contributed by atoms with Crippen LogP contribution >= 0.6 is 0 Å². The summed E-state index contributed by atoms with van der Waals surface area (Å²) < 4.78 is 65.9. The molecule has 0 unspecified atom stereocenters. The quantitative estimate of drug-likeness (QED) is 0.832. The first-order chi connectivity index (χ1) is 9.74. The molecule has 0 radical (unpaired) electrons. The van der Waals surface area contributed by atoms with Gasteiger partial charge in [-0.3, -0.25) is 0 Å². The Morgan fingerprint density at radius 2 is 1.71 bits per heavy atom. The molecular formula is C14H11F5N2. The van der Waals surface area contributed by atoms with Crippen LogP contribution in [0, 0.1) is 18.6 Å². The summed E-state index contributed by atoms with van der Waals surface area (Å²) in [6.45, 7) is 1.36. The molecule has 2 aromatic rings. The van der Waals surface area contributed by atoms with Gasteiger partial charge in [0.2, 0.25) is 0 Å². The average Bonchev–Trinajstić information content (AvgIpc) is 2.43. The molecule has 2 rings (SSSR count). The van der Waals surface area contributed by atoms with Crippen LogP contribution in [-0.2, 0) is 6.18 Å². The van der Waals surface area contributed by atoms with Crippen LogP contribution in [0.5, 0.6) is 0 Å². The monoisotopic (exact) mass is 302 g/mol. The molecule has 1 N–H and O–H groups in total. The maximum absolute atomic E-state index is 13.9. The first-order valence-corrected chi connectivity index (χ1v) is 5.96. The van der Waals surface area contributed by atoms with Crippen LogP contribution < -0.4 is 5.32 Å². The van der Waals surface area contributed by atoms with Crippen molar-refractivity contribution in [2.75, 3.05) is 12.4 Å². The van der Waals surface area contributed by atoms with Gasteiger partial charge in [-0.25, -0.2) is 13.8 Å². The molecule has 112 valence electrons. The Bertz CT molecular complexity index is 680. The Kier molecular flexibility index (Phi) is 3.85. The van der Waals surface area contributed by atoms with Gasteiger partial charge in [0, 0.05) is 12.6 Å². The van der Waals surface area contributed by atoms with Crippen LogP contribution in [0.3, 0.4) is 0 Å². The van der Waals surface area contributed by atoms with E-state index in [4.69, 9.17) is 0 Å². The van der Waals surface area contributed by atoms with Crippen molar-refractivity contribution in [3.05, 3.63) is 47.0 Å². The summed E-state index contributed by atoms with van der Waals surface area (Å²) in [5.41, 5.74) is -1.53. The Morgan fingerprint density at radius 1 is 1.05 bits per heavy atom. The molecule has 1 aromatic heterocycles. The molecule has 0 amide bonds. The van der Waals surface area contributed by atoms with Crippen LogP contribution in [0.1, 0.15) is 11.1 Å². The third kappa shape index (κ3) is 2.96. The molecular weight excluding hydrogens is 291 g/mol. The minimum Gasteiger partial charge on any atom is -0.373 e. The third-order valence-electron chi connectivity index (χ3n) is 2.96. The summed E-state index contributed by atoms with van der Waals surface area (Å²) in [5, 5.41) is 2.47. The van der Waals surface area contributed by atoms with E-state index in [1.54, 1.807) is 0 Å². The van der Waals surface area contributed by atoms with Crippen LogP contribution in [-0.4, -0.2) is 12.0 Å². The fourth-order valence-corrected chi connectivity index (χ4v) is 1.80. The van der Waals surface area contributed by atoms with Gasteiger partial charge in [-0.2, -0.15) is 13.2 Å². The summed E-state index contributed by atoms with van der Waals surface area (Å²) in [5.74, 6) is -2.40. The van der Waals surface area contributed by atoms with E-state index in [1.165, 1.54) is 26.1 Å². The highest BCUT2D eigenvalue weighted by Crippen LogP contribution is 2.34. The number of halogens is 5. The second kappa shape index (κ2) is 5.31. The predicted octanol–water partition coefficient (Wildman–Crippen LogP) is 4.40.